The maximum Gasteiger partial charge on any atom is 0.252 e. The second kappa shape index (κ2) is 5.10. The summed E-state index contributed by atoms with van der Waals surface area (Å²) in [7, 11) is -3.66. The van der Waals surface area contributed by atoms with E-state index in [2.05, 4.69) is 0 Å². The number of rotatable bonds is 2. The molecule has 9 heteroatoms. The molecule has 3 rings (SSSR count). The maximum absolute atomic E-state index is 14.3. The lowest BCUT2D eigenvalue weighted by molar-refractivity contribution is -0.132. The summed E-state index contributed by atoms with van der Waals surface area (Å²) in [6.07, 6.45) is 0.346. The van der Waals surface area contributed by atoms with Gasteiger partial charge in [-0.25, -0.2) is 17.1 Å². The van der Waals surface area contributed by atoms with E-state index >= 15 is 0 Å². The van der Waals surface area contributed by atoms with Gasteiger partial charge in [-0.05, 0) is 19.4 Å². The number of nitrogens with zero attached hydrogens (tertiary/aromatic N) is 1. The van der Waals surface area contributed by atoms with Gasteiger partial charge in [0.1, 0.15) is 5.82 Å². The molecule has 2 heterocycles. The van der Waals surface area contributed by atoms with Gasteiger partial charge in [-0.1, -0.05) is 23.7 Å². The standard InChI is InChI=1S/C14H13ClFNO5S/c1-14(8-4-2-5-9(15)10(8)16)12(19)11(18)13(22-14)17-6-3-7-23(17,20)21/h2,4-5,18H,3,6-7H2,1H3. The minimum Gasteiger partial charge on any atom is -0.501 e. The van der Waals surface area contributed by atoms with Gasteiger partial charge >= 0.3 is 0 Å². The number of aliphatic hydroxyl groups excluding tert-OH is 1. The third-order valence-electron chi connectivity index (χ3n) is 3.94. The van der Waals surface area contributed by atoms with Gasteiger partial charge in [-0.3, -0.25) is 4.79 Å². The molecule has 23 heavy (non-hydrogen) atoms. The number of hydrogen-bond acceptors (Lipinski definition) is 5. The van der Waals surface area contributed by atoms with Crippen LogP contribution < -0.4 is 0 Å². The first kappa shape index (κ1) is 16.1. The normalized spacial score (nSPS) is 26.7. The number of halogens is 2. The molecule has 124 valence electrons. The Morgan fingerprint density at radius 2 is 2.13 bits per heavy atom. The van der Waals surface area contributed by atoms with Crippen molar-refractivity contribution in [2.24, 2.45) is 0 Å². The summed E-state index contributed by atoms with van der Waals surface area (Å²) in [4.78, 5) is 12.4. The molecule has 1 unspecified atom stereocenters. The van der Waals surface area contributed by atoms with Gasteiger partial charge in [0.25, 0.3) is 11.7 Å². The molecule has 1 N–H and O–H groups in total. The molecule has 0 aromatic heterocycles. The molecule has 2 aliphatic rings. The zero-order valence-corrected chi connectivity index (χ0v) is 13.6. The summed E-state index contributed by atoms with van der Waals surface area (Å²) in [5.74, 6) is -3.19. The molecule has 2 aliphatic heterocycles. The van der Waals surface area contributed by atoms with Crippen LogP contribution in [0.1, 0.15) is 18.9 Å². The molecule has 1 aromatic rings. The Morgan fingerprint density at radius 1 is 1.43 bits per heavy atom. The summed E-state index contributed by atoms with van der Waals surface area (Å²) in [6.45, 7) is 1.35. The Hall–Kier alpha value is -1.80. The highest BCUT2D eigenvalue weighted by atomic mass is 35.5. The molecule has 0 radical (unpaired) electrons. The summed E-state index contributed by atoms with van der Waals surface area (Å²) < 4.78 is 44.5. The lowest BCUT2D eigenvalue weighted by Gasteiger charge is -2.26. The summed E-state index contributed by atoms with van der Waals surface area (Å²) in [6, 6.07) is 4.04. The highest BCUT2D eigenvalue weighted by molar-refractivity contribution is 7.89. The van der Waals surface area contributed by atoms with Crippen LogP contribution in [0, 0.1) is 5.82 Å². The number of ether oxygens (including phenoxy) is 1. The maximum atomic E-state index is 14.3. The van der Waals surface area contributed by atoms with E-state index in [1.165, 1.54) is 25.1 Å². The molecular formula is C14H13ClFNO5S. The monoisotopic (exact) mass is 361 g/mol. The average Bonchev–Trinajstić information content (AvgIpc) is 2.94. The summed E-state index contributed by atoms with van der Waals surface area (Å²) >= 11 is 5.72. The van der Waals surface area contributed by atoms with Crippen LogP contribution in [0.3, 0.4) is 0 Å². The van der Waals surface area contributed by atoms with Crippen molar-refractivity contribution in [3.8, 4) is 0 Å². The first-order valence-corrected chi connectivity index (χ1v) is 8.79. The van der Waals surface area contributed by atoms with Crippen LogP contribution >= 0.6 is 11.6 Å². The Bertz CT molecular complexity index is 838. The van der Waals surface area contributed by atoms with E-state index in [9.17, 15) is 22.7 Å². The van der Waals surface area contributed by atoms with E-state index in [1.54, 1.807) is 0 Å². The van der Waals surface area contributed by atoms with Gasteiger partial charge < -0.3 is 9.84 Å². The molecule has 0 aliphatic carbocycles. The summed E-state index contributed by atoms with van der Waals surface area (Å²) in [5, 5.41) is 9.84. The van der Waals surface area contributed by atoms with Crippen LogP contribution in [0.5, 0.6) is 0 Å². The first-order valence-electron chi connectivity index (χ1n) is 6.80. The molecule has 0 bridgehead atoms. The molecule has 1 atom stereocenters. The fourth-order valence-corrected chi connectivity index (χ4v) is 4.37. The number of Topliss-reactive ketones (excluding diaryl/α,β-unsaturated/α-hetero) is 1. The number of hydrogen-bond donors (Lipinski definition) is 1. The van der Waals surface area contributed by atoms with Crippen molar-refractivity contribution < 1.29 is 27.4 Å². The van der Waals surface area contributed by atoms with Crippen molar-refractivity contribution in [2.45, 2.75) is 18.9 Å². The summed E-state index contributed by atoms with van der Waals surface area (Å²) in [5.41, 5.74) is -2.06. The molecule has 1 fully saturated rings. The molecule has 0 amide bonds. The van der Waals surface area contributed by atoms with E-state index in [-0.39, 0.29) is 22.9 Å². The van der Waals surface area contributed by atoms with Crippen molar-refractivity contribution in [3.63, 3.8) is 0 Å². The molecule has 1 aromatic carbocycles. The van der Waals surface area contributed by atoms with Crippen molar-refractivity contribution in [3.05, 3.63) is 46.2 Å². The Kier molecular flexibility index (Phi) is 3.57. The van der Waals surface area contributed by atoms with Crippen molar-refractivity contribution in [1.29, 1.82) is 0 Å². The molecular weight excluding hydrogens is 349 g/mol. The second-order valence-corrected chi connectivity index (χ2v) is 7.88. The lowest BCUT2D eigenvalue weighted by atomic mass is 9.91. The average molecular weight is 362 g/mol. The quantitative estimate of drug-likeness (QED) is 0.871. The van der Waals surface area contributed by atoms with E-state index < -0.39 is 38.9 Å². The zero-order valence-electron chi connectivity index (χ0n) is 12.0. The number of carbonyl (C=O) groups excluding carboxylic acids is 1. The highest BCUT2D eigenvalue weighted by Crippen LogP contribution is 2.42. The third-order valence-corrected chi connectivity index (χ3v) is 6.06. The second-order valence-electron chi connectivity index (χ2n) is 5.46. The SMILES string of the molecule is CC1(c2cccc(Cl)c2F)OC(N2CCCS2(=O)=O)=C(O)C1=O. The molecule has 0 spiro atoms. The minimum absolute atomic E-state index is 0.0864. The van der Waals surface area contributed by atoms with E-state index in [4.69, 9.17) is 16.3 Å². The van der Waals surface area contributed by atoms with Crippen molar-refractivity contribution in [2.75, 3.05) is 12.3 Å². The highest BCUT2D eigenvalue weighted by Gasteiger charge is 2.52. The Labute approximate surface area is 137 Å². The first-order chi connectivity index (χ1) is 10.7. The number of sulfonamides is 1. The van der Waals surface area contributed by atoms with Gasteiger partial charge in [-0.15, -0.1) is 0 Å². The topological polar surface area (TPSA) is 83.9 Å². The largest absolute Gasteiger partial charge is 0.501 e. The fourth-order valence-electron chi connectivity index (χ4n) is 2.70. The zero-order chi connectivity index (χ0) is 17.0. The minimum atomic E-state index is -3.66. The fraction of sp³-hybridized carbons (Fsp3) is 0.357. The predicted octanol–water partition coefficient (Wildman–Crippen LogP) is 2.06. The van der Waals surface area contributed by atoms with Crippen LogP contribution in [-0.2, 0) is 25.2 Å². The number of benzene rings is 1. The predicted molar refractivity (Wildman–Crippen MR) is 79.6 cm³/mol. The van der Waals surface area contributed by atoms with Crippen molar-refractivity contribution in [1.82, 2.24) is 4.31 Å². The van der Waals surface area contributed by atoms with Crippen LogP contribution in [0.4, 0.5) is 4.39 Å². The number of carbonyl (C=O) groups is 1. The van der Waals surface area contributed by atoms with Gasteiger partial charge in [0.2, 0.25) is 21.4 Å². The van der Waals surface area contributed by atoms with Gasteiger partial charge in [0.15, 0.2) is 0 Å². The van der Waals surface area contributed by atoms with Crippen LogP contribution in [0.2, 0.25) is 5.02 Å². The van der Waals surface area contributed by atoms with Gasteiger partial charge in [0, 0.05) is 12.1 Å². The van der Waals surface area contributed by atoms with Gasteiger partial charge in [-0.2, -0.15) is 0 Å². The van der Waals surface area contributed by atoms with E-state index in [0.29, 0.717) is 6.42 Å². The van der Waals surface area contributed by atoms with Crippen molar-refractivity contribution >= 4 is 27.4 Å². The molecule has 6 nitrogen and oxygen atoms in total. The third kappa shape index (κ3) is 2.28. The van der Waals surface area contributed by atoms with Crippen LogP contribution in [-0.4, -0.2) is 35.9 Å². The molecule has 0 saturated carbocycles. The van der Waals surface area contributed by atoms with Gasteiger partial charge in [0.05, 0.1) is 10.8 Å². The molecule has 1 saturated heterocycles. The van der Waals surface area contributed by atoms with E-state index in [1.807, 2.05) is 0 Å². The van der Waals surface area contributed by atoms with E-state index in [0.717, 1.165) is 4.31 Å². The Morgan fingerprint density at radius 3 is 2.74 bits per heavy atom. The Balaban J connectivity index is 2.06. The van der Waals surface area contributed by atoms with Crippen LogP contribution in [0.15, 0.2) is 29.8 Å². The smallest absolute Gasteiger partial charge is 0.252 e. The number of aliphatic hydroxyl groups is 1. The lowest BCUT2D eigenvalue weighted by Crippen LogP contribution is -2.33. The number of ketones is 1. The van der Waals surface area contributed by atoms with Crippen LogP contribution in [0.25, 0.3) is 0 Å².